The molecule has 0 radical (unpaired) electrons. The number of fused-ring (bicyclic) bond motifs is 3. The van der Waals surface area contributed by atoms with Crippen LogP contribution in [0, 0.1) is 12.7 Å². The molecule has 2 N–H and O–H groups in total. The minimum atomic E-state index is -4.91. The molecule has 0 aliphatic carbocycles. The number of carbonyl (C=O) groups excluding carboxylic acids is 1. The standard InChI is InChI=1S/C34H38ClF4N7O3/c1-6-20-21-14-48-30-24-29(27(36)23(26(30)35)28-25(34(37,38)39)17(3)10-22(40)41-28)42-32(43-31(24)45(21)13-18(4)46(20)19(5)47)49-15-33-8-7-9-44(33)12-16(2)11-33/h10,18,20-21H,2,6-9,11-15H2,1,3-5H3,(H2,40,41)/t18-,20+,21-,33+/m1/s1. The van der Waals surface area contributed by atoms with E-state index in [0.29, 0.717) is 13.0 Å². The van der Waals surface area contributed by atoms with E-state index in [0.717, 1.165) is 44.0 Å². The number of rotatable bonds is 5. The summed E-state index contributed by atoms with van der Waals surface area (Å²) >= 11 is 6.87. The van der Waals surface area contributed by atoms with Gasteiger partial charge in [-0.25, -0.2) is 9.37 Å². The van der Waals surface area contributed by atoms with Crippen molar-refractivity contribution < 1.29 is 31.8 Å². The molecule has 3 saturated heterocycles. The summed E-state index contributed by atoms with van der Waals surface area (Å²) in [5, 5.41) is -0.315. The molecule has 3 fully saturated rings. The van der Waals surface area contributed by atoms with Gasteiger partial charge < -0.3 is 25.0 Å². The average molecular weight is 704 g/mol. The van der Waals surface area contributed by atoms with Crippen LogP contribution in [0.15, 0.2) is 18.2 Å². The van der Waals surface area contributed by atoms with Gasteiger partial charge >= 0.3 is 12.2 Å². The van der Waals surface area contributed by atoms with Gasteiger partial charge in [0.15, 0.2) is 11.6 Å². The van der Waals surface area contributed by atoms with E-state index < -0.39 is 39.9 Å². The van der Waals surface area contributed by atoms with Crippen LogP contribution in [-0.4, -0.2) is 87.2 Å². The fourth-order valence-corrected chi connectivity index (χ4v) is 8.91. The predicted molar refractivity (Wildman–Crippen MR) is 177 cm³/mol. The first kappa shape index (κ1) is 33.6. The molecule has 2 aromatic heterocycles. The van der Waals surface area contributed by atoms with Gasteiger partial charge in [0.05, 0.1) is 44.9 Å². The number of aromatic nitrogens is 3. The molecule has 4 aliphatic rings. The van der Waals surface area contributed by atoms with E-state index in [-0.39, 0.29) is 76.6 Å². The molecule has 7 rings (SSSR count). The first-order valence-corrected chi connectivity index (χ1v) is 16.8. The van der Waals surface area contributed by atoms with E-state index in [2.05, 4.69) is 21.4 Å². The summed E-state index contributed by atoms with van der Waals surface area (Å²) in [5.74, 6) is -1.30. The third kappa shape index (κ3) is 5.33. The van der Waals surface area contributed by atoms with Crippen LogP contribution < -0.4 is 20.1 Å². The Morgan fingerprint density at radius 3 is 2.73 bits per heavy atom. The van der Waals surface area contributed by atoms with Crippen molar-refractivity contribution in [2.75, 3.05) is 43.5 Å². The predicted octanol–water partition coefficient (Wildman–Crippen LogP) is 6.16. The van der Waals surface area contributed by atoms with Crippen molar-refractivity contribution in [3.05, 3.63) is 40.2 Å². The summed E-state index contributed by atoms with van der Waals surface area (Å²) in [7, 11) is 0. The lowest BCUT2D eigenvalue weighted by Crippen LogP contribution is -2.65. The van der Waals surface area contributed by atoms with Gasteiger partial charge in [0.1, 0.15) is 30.4 Å². The van der Waals surface area contributed by atoms with Crippen LogP contribution in [0.1, 0.15) is 57.6 Å². The van der Waals surface area contributed by atoms with Gasteiger partial charge in [0.2, 0.25) is 5.91 Å². The fourth-order valence-electron chi connectivity index (χ4n) is 8.59. The summed E-state index contributed by atoms with van der Waals surface area (Å²) < 4.78 is 73.3. The molecule has 49 heavy (non-hydrogen) atoms. The minimum absolute atomic E-state index is 0.0167. The summed E-state index contributed by atoms with van der Waals surface area (Å²) in [6.07, 6.45) is -1.73. The average Bonchev–Trinajstić information content (AvgIpc) is 3.48. The number of anilines is 2. The Morgan fingerprint density at radius 2 is 2.04 bits per heavy atom. The number of carbonyl (C=O) groups is 1. The maximum atomic E-state index is 17.1. The normalized spacial score (nSPS) is 25.3. The lowest BCUT2D eigenvalue weighted by Gasteiger charge is -2.50. The second-order valence-corrected chi connectivity index (χ2v) is 14.1. The molecule has 4 atom stereocenters. The van der Waals surface area contributed by atoms with E-state index in [1.165, 1.54) is 13.8 Å². The van der Waals surface area contributed by atoms with Crippen LogP contribution in [-0.2, 0) is 11.0 Å². The van der Waals surface area contributed by atoms with Gasteiger partial charge in [-0.2, -0.15) is 23.1 Å². The Hall–Kier alpha value is -3.91. The first-order chi connectivity index (χ1) is 23.1. The number of hydrogen-bond acceptors (Lipinski definition) is 9. The fraction of sp³-hybridized carbons (Fsp3) is 0.529. The smallest absolute Gasteiger partial charge is 0.418 e. The second-order valence-electron chi connectivity index (χ2n) is 13.7. The zero-order valence-corrected chi connectivity index (χ0v) is 28.5. The van der Waals surface area contributed by atoms with Crippen LogP contribution in [0.3, 0.4) is 0 Å². The number of amides is 1. The Bertz CT molecular complexity index is 1890. The van der Waals surface area contributed by atoms with Crippen LogP contribution in [0.25, 0.3) is 22.2 Å². The Labute approximate surface area is 286 Å². The lowest BCUT2D eigenvalue weighted by molar-refractivity contribution is -0.138. The monoisotopic (exact) mass is 703 g/mol. The molecular weight excluding hydrogens is 666 g/mol. The molecular formula is C34H38ClF4N7O3. The van der Waals surface area contributed by atoms with Crippen molar-refractivity contribution in [2.45, 2.75) is 83.2 Å². The van der Waals surface area contributed by atoms with Crippen molar-refractivity contribution in [1.82, 2.24) is 24.8 Å². The van der Waals surface area contributed by atoms with Crippen molar-refractivity contribution >= 4 is 40.0 Å². The number of piperazine rings is 1. The number of benzene rings is 1. The maximum Gasteiger partial charge on any atom is 0.418 e. The summed E-state index contributed by atoms with van der Waals surface area (Å²) in [6, 6.07) is -0.0865. The van der Waals surface area contributed by atoms with E-state index in [1.807, 2.05) is 18.7 Å². The molecule has 1 aromatic carbocycles. The van der Waals surface area contributed by atoms with E-state index in [9.17, 15) is 18.0 Å². The van der Waals surface area contributed by atoms with E-state index >= 15 is 4.39 Å². The number of nitrogens with two attached hydrogens (primary N) is 1. The van der Waals surface area contributed by atoms with Gasteiger partial charge in [-0.3, -0.25) is 9.69 Å². The highest BCUT2D eigenvalue weighted by molar-refractivity contribution is 6.36. The van der Waals surface area contributed by atoms with Gasteiger partial charge in [0, 0.05) is 26.1 Å². The van der Waals surface area contributed by atoms with Crippen LogP contribution in [0.4, 0.5) is 29.2 Å². The van der Waals surface area contributed by atoms with E-state index in [4.69, 9.17) is 31.8 Å². The highest BCUT2D eigenvalue weighted by Gasteiger charge is 2.48. The summed E-state index contributed by atoms with van der Waals surface area (Å²) in [5.41, 5.74) is 3.56. The summed E-state index contributed by atoms with van der Waals surface area (Å²) in [4.78, 5) is 32.2. The quantitative estimate of drug-likeness (QED) is 0.247. The van der Waals surface area contributed by atoms with Crippen molar-refractivity contribution in [3.63, 3.8) is 0 Å². The van der Waals surface area contributed by atoms with Gasteiger partial charge in [-0.15, -0.1) is 0 Å². The third-order valence-corrected chi connectivity index (χ3v) is 10.9. The number of nitrogen functional groups attached to an aromatic ring is 1. The Balaban J connectivity index is 1.46. The summed E-state index contributed by atoms with van der Waals surface area (Å²) in [6.45, 7) is 13.0. The topological polar surface area (TPSA) is 110 Å². The zero-order chi connectivity index (χ0) is 35.2. The Kier molecular flexibility index (Phi) is 8.13. The van der Waals surface area contributed by atoms with Crippen LogP contribution in [0.5, 0.6) is 11.8 Å². The molecule has 262 valence electrons. The van der Waals surface area contributed by atoms with Crippen LogP contribution >= 0.6 is 11.6 Å². The number of hydrogen-bond donors (Lipinski definition) is 1. The van der Waals surface area contributed by atoms with Gasteiger partial charge in [0.25, 0.3) is 0 Å². The number of aryl methyl sites for hydroxylation is 1. The number of ether oxygens (including phenoxy) is 2. The Morgan fingerprint density at radius 1 is 1.29 bits per heavy atom. The minimum Gasteiger partial charge on any atom is -0.489 e. The highest BCUT2D eigenvalue weighted by atomic mass is 35.5. The molecule has 15 heteroatoms. The zero-order valence-electron chi connectivity index (χ0n) is 27.8. The highest BCUT2D eigenvalue weighted by Crippen LogP contribution is 2.51. The molecule has 6 heterocycles. The van der Waals surface area contributed by atoms with Crippen LogP contribution in [0.2, 0.25) is 5.02 Å². The third-order valence-electron chi connectivity index (χ3n) is 10.5. The number of alkyl halides is 3. The van der Waals surface area contributed by atoms with Gasteiger partial charge in [-0.1, -0.05) is 30.7 Å². The number of nitrogens with zero attached hydrogens (tertiary/aromatic N) is 6. The number of halogens is 5. The molecule has 1 amide bonds. The second kappa shape index (κ2) is 11.9. The lowest BCUT2D eigenvalue weighted by atomic mass is 9.94. The van der Waals surface area contributed by atoms with Crippen molar-refractivity contribution in [3.8, 4) is 23.0 Å². The first-order valence-electron chi connectivity index (χ1n) is 16.5. The molecule has 3 aromatic rings. The van der Waals surface area contributed by atoms with Gasteiger partial charge in [-0.05, 0) is 57.7 Å². The van der Waals surface area contributed by atoms with E-state index in [1.54, 1.807) is 4.90 Å². The SMILES string of the molecule is C=C1CN2CCC[C@@]2(COc2nc3c4c(c(Cl)c(-c5nc(N)cc(C)c5C(F)(F)F)c(F)c4n2)OC[C@@H]2[C@H](CC)N(C(C)=O)[C@H](C)CN32)C1. The maximum absolute atomic E-state index is 17.1. The largest absolute Gasteiger partial charge is 0.489 e. The van der Waals surface area contributed by atoms with Crippen molar-refractivity contribution in [2.24, 2.45) is 0 Å². The van der Waals surface area contributed by atoms with Crippen molar-refractivity contribution in [1.29, 1.82) is 0 Å². The molecule has 10 nitrogen and oxygen atoms in total. The molecule has 0 bridgehead atoms. The molecule has 4 aliphatic heterocycles. The molecule has 0 saturated carbocycles. The molecule has 0 unspecified atom stereocenters. The number of pyridine rings is 1. The molecule has 0 spiro atoms.